The average molecular weight is 667 g/mol. The van der Waals surface area contributed by atoms with Gasteiger partial charge in [-0.2, -0.15) is 0 Å². The summed E-state index contributed by atoms with van der Waals surface area (Å²) in [6.45, 7) is 3.68. The van der Waals surface area contributed by atoms with Crippen LogP contribution < -0.4 is 4.90 Å². The SMILES string of the molecule is CC(C)n1c(C=C[C@@H](O)C[C@@H](O)CC(=O)O)c(-c2ccc(F)cc2)c(-c2ccc(F)cc2)c1C(=O)N(C)c1ccc(S(C)(=O)=O)cc1. The molecule has 0 bridgehead atoms. The second-order valence-corrected chi connectivity index (χ2v) is 13.5. The van der Waals surface area contributed by atoms with Gasteiger partial charge in [-0.15, -0.1) is 0 Å². The monoisotopic (exact) mass is 666 g/mol. The smallest absolute Gasteiger partial charge is 0.305 e. The van der Waals surface area contributed by atoms with Gasteiger partial charge in [0.2, 0.25) is 0 Å². The summed E-state index contributed by atoms with van der Waals surface area (Å²) < 4.78 is 54.0. The molecule has 4 aromatic rings. The first kappa shape index (κ1) is 35.2. The van der Waals surface area contributed by atoms with Crippen LogP contribution in [0.4, 0.5) is 14.5 Å². The molecule has 3 aromatic carbocycles. The van der Waals surface area contributed by atoms with Crippen LogP contribution in [-0.2, 0) is 14.6 Å². The minimum absolute atomic E-state index is 0.0812. The van der Waals surface area contributed by atoms with Crippen LogP contribution in [0.25, 0.3) is 28.3 Å². The van der Waals surface area contributed by atoms with E-state index in [1.54, 1.807) is 10.6 Å². The van der Waals surface area contributed by atoms with Crippen LogP contribution in [0.2, 0.25) is 0 Å². The van der Waals surface area contributed by atoms with Gasteiger partial charge in [0.25, 0.3) is 5.91 Å². The zero-order valence-electron chi connectivity index (χ0n) is 26.3. The number of halogens is 2. The Hall–Kier alpha value is -4.65. The second-order valence-electron chi connectivity index (χ2n) is 11.5. The summed E-state index contributed by atoms with van der Waals surface area (Å²) in [5, 5.41) is 29.8. The maximum atomic E-state index is 14.5. The highest BCUT2D eigenvalue weighted by atomic mass is 32.2. The largest absolute Gasteiger partial charge is 0.481 e. The number of aliphatic hydroxyl groups excluding tert-OH is 2. The van der Waals surface area contributed by atoms with E-state index >= 15 is 0 Å². The number of aliphatic hydroxyl groups is 2. The van der Waals surface area contributed by atoms with Gasteiger partial charge >= 0.3 is 5.97 Å². The van der Waals surface area contributed by atoms with Crippen LogP contribution in [0, 0.1) is 11.6 Å². The van der Waals surface area contributed by atoms with Crippen LogP contribution in [0.5, 0.6) is 0 Å². The quantitative estimate of drug-likeness (QED) is 0.170. The van der Waals surface area contributed by atoms with Gasteiger partial charge in [-0.1, -0.05) is 30.3 Å². The number of aliphatic carboxylic acids is 1. The molecule has 0 aliphatic carbocycles. The van der Waals surface area contributed by atoms with Gasteiger partial charge in [0.1, 0.15) is 17.3 Å². The van der Waals surface area contributed by atoms with E-state index in [-0.39, 0.29) is 23.1 Å². The third-order valence-electron chi connectivity index (χ3n) is 7.59. The summed E-state index contributed by atoms with van der Waals surface area (Å²) in [6.07, 6.45) is 0.626. The van der Waals surface area contributed by atoms with Gasteiger partial charge in [-0.25, -0.2) is 17.2 Å². The number of rotatable bonds is 12. The van der Waals surface area contributed by atoms with Crippen LogP contribution in [0.1, 0.15) is 48.9 Å². The fraction of sp³-hybridized carbons (Fsp3) is 0.257. The predicted octanol–water partition coefficient (Wildman–Crippen LogP) is 5.96. The number of carboxylic acids is 1. The van der Waals surface area contributed by atoms with E-state index in [1.165, 1.54) is 90.8 Å². The van der Waals surface area contributed by atoms with Crippen LogP contribution in [-0.4, -0.2) is 65.7 Å². The summed E-state index contributed by atoms with van der Waals surface area (Å²) >= 11 is 0. The normalized spacial score (nSPS) is 13.2. The number of sulfone groups is 1. The minimum Gasteiger partial charge on any atom is -0.481 e. The van der Waals surface area contributed by atoms with Gasteiger partial charge in [-0.05, 0) is 79.6 Å². The maximum Gasteiger partial charge on any atom is 0.305 e. The molecule has 0 saturated carbocycles. The molecule has 0 aliphatic rings. The lowest BCUT2D eigenvalue weighted by Gasteiger charge is -2.22. The summed E-state index contributed by atoms with van der Waals surface area (Å²) in [4.78, 5) is 27.0. The van der Waals surface area contributed by atoms with E-state index in [4.69, 9.17) is 5.11 Å². The molecule has 47 heavy (non-hydrogen) atoms. The van der Waals surface area contributed by atoms with E-state index in [9.17, 15) is 37.0 Å². The third-order valence-corrected chi connectivity index (χ3v) is 8.71. The predicted molar refractivity (Wildman–Crippen MR) is 176 cm³/mol. The van der Waals surface area contributed by atoms with Crippen molar-refractivity contribution in [2.75, 3.05) is 18.2 Å². The minimum atomic E-state index is -3.48. The number of benzene rings is 3. The average Bonchev–Trinajstić information content (AvgIpc) is 3.34. The fourth-order valence-corrected chi connectivity index (χ4v) is 5.99. The standard InChI is InChI=1S/C35H36F2N2O7S/c1-21(2)39-30(18-15-27(40)19-28(41)20-31(42)43)32(22-5-9-24(36)10-6-22)33(23-7-11-25(37)12-8-23)34(39)35(44)38(3)26-13-16-29(17-14-26)47(4,45)46/h5-18,21,27-28,40-41H,19-20H2,1-4H3,(H,42,43)/t27-,28-/m1/s1. The highest BCUT2D eigenvalue weighted by molar-refractivity contribution is 7.90. The molecule has 1 amide bonds. The van der Waals surface area contributed by atoms with Crippen molar-refractivity contribution in [2.45, 2.75) is 49.8 Å². The number of nitrogens with zero attached hydrogens (tertiary/aromatic N) is 2. The Balaban J connectivity index is 2.00. The van der Waals surface area contributed by atoms with E-state index in [0.29, 0.717) is 33.6 Å². The first-order valence-electron chi connectivity index (χ1n) is 14.7. The number of carbonyl (C=O) groups excluding carboxylic acids is 1. The number of hydrogen-bond acceptors (Lipinski definition) is 6. The Kier molecular flexibility index (Phi) is 10.8. The van der Waals surface area contributed by atoms with Crippen molar-refractivity contribution in [3.63, 3.8) is 0 Å². The molecular weight excluding hydrogens is 630 g/mol. The number of carboxylic acid groups (broad SMARTS) is 1. The fourth-order valence-electron chi connectivity index (χ4n) is 5.36. The molecule has 0 spiro atoms. The number of amides is 1. The Morgan fingerprint density at radius 3 is 1.85 bits per heavy atom. The Bertz CT molecular complexity index is 1880. The molecule has 4 rings (SSSR count). The molecule has 0 aliphatic heterocycles. The van der Waals surface area contributed by atoms with Crippen molar-refractivity contribution >= 4 is 33.5 Å². The van der Waals surface area contributed by atoms with Crippen molar-refractivity contribution < 1.29 is 42.1 Å². The van der Waals surface area contributed by atoms with E-state index in [2.05, 4.69) is 0 Å². The van der Waals surface area contributed by atoms with E-state index in [0.717, 1.165) is 6.26 Å². The van der Waals surface area contributed by atoms with Crippen LogP contribution in [0.15, 0.2) is 83.8 Å². The van der Waals surface area contributed by atoms with Crippen molar-refractivity contribution in [3.8, 4) is 22.3 Å². The Morgan fingerprint density at radius 2 is 1.38 bits per heavy atom. The van der Waals surface area contributed by atoms with Gasteiger partial charge in [0, 0.05) is 48.3 Å². The summed E-state index contributed by atoms with van der Waals surface area (Å²) in [5.74, 6) is -2.71. The Labute approximate surface area is 271 Å². The summed E-state index contributed by atoms with van der Waals surface area (Å²) in [6, 6.07) is 16.6. The molecule has 248 valence electrons. The highest BCUT2D eigenvalue weighted by Gasteiger charge is 2.31. The molecule has 1 heterocycles. The molecule has 0 unspecified atom stereocenters. The maximum absolute atomic E-state index is 14.5. The Morgan fingerprint density at radius 1 is 0.872 bits per heavy atom. The lowest BCUT2D eigenvalue weighted by molar-refractivity contribution is -0.139. The first-order valence-corrected chi connectivity index (χ1v) is 16.6. The van der Waals surface area contributed by atoms with Crippen molar-refractivity contribution in [3.05, 3.63) is 102 Å². The molecule has 3 N–H and O–H groups in total. The number of aromatic nitrogens is 1. The number of hydrogen-bond donors (Lipinski definition) is 3. The molecule has 1 aromatic heterocycles. The van der Waals surface area contributed by atoms with Gasteiger partial charge in [-0.3, -0.25) is 9.59 Å². The van der Waals surface area contributed by atoms with E-state index in [1.807, 2.05) is 13.8 Å². The molecular formula is C35H36F2N2O7S. The van der Waals surface area contributed by atoms with Crippen molar-refractivity contribution in [1.29, 1.82) is 0 Å². The first-order chi connectivity index (χ1) is 22.1. The van der Waals surface area contributed by atoms with Gasteiger partial charge in [0.15, 0.2) is 9.84 Å². The highest BCUT2D eigenvalue weighted by Crippen LogP contribution is 2.43. The van der Waals surface area contributed by atoms with Crippen LogP contribution in [0.3, 0.4) is 0 Å². The zero-order valence-corrected chi connectivity index (χ0v) is 27.1. The summed E-state index contributed by atoms with van der Waals surface area (Å²) in [5.41, 5.74) is 2.87. The van der Waals surface area contributed by atoms with Crippen molar-refractivity contribution in [1.82, 2.24) is 4.57 Å². The second kappa shape index (κ2) is 14.4. The van der Waals surface area contributed by atoms with Gasteiger partial charge < -0.3 is 24.8 Å². The summed E-state index contributed by atoms with van der Waals surface area (Å²) in [7, 11) is -1.95. The molecule has 9 nitrogen and oxygen atoms in total. The number of anilines is 1. The lowest BCUT2D eigenvalue weighted by atomic mass is 9.94. The van der Waals surface area contributed by atoms with Gasteiger partial charge in [0.05, 0.1) is 23.5 Å². The van der Waals surface area contributed by atoms with Crippen molar-refractivity contribution in [2.24, 2.45) is 0 Å². The molecule has 0 fully saturated rings. The third kappa shape index (κ3) is 8.20. The molecule has 2 atom stereocenters. The lowest BCUT2D eigenvalue weighted by Crippen LogP contribution is -2.29. The van der Waals surface area contributed by atoms with E-state index < -0.39 is 52.0 Å². The molecule has 12 heteroatoms. The number of carbonyl (C=O) groups is 2. The van der Waals surface area contributed by atoms with Crippen LogP contribution >= 0.6 is 0 Å². The zero-order chi connectivity index (χ0) is 34.6. The molecule has 0 radical (unpaired) electrons. The topological polar surface area (TPSA) is 137 Å². The molecule has 0 saturated heterocycles.